The molecule has 4 rings (SSSR count). The van der Waals surface area contributed by atoms with Gasteiger partial charge < -0.3 is 4.90 Å². The van der Waals surface area contributed by atoms with Crippen molar-refractivity contribution in [2.45, 2.75) is 65.3 Å². The van der Waals surface area contributed by atoms with Crippen LogP contribution in [0.3, 0.4) is 0 Å². The molecule has 0 aromatic rings. The van der Waals surface area contributed by atoms with Crippen LogP contribution in [0.15, 0.2) is 0 Å². The van der Waals surface area contributed by atoms with Crippen LogP contribution in [0.25, 0.3) is 0 Å². The van der Waals surface area contributed by atoms with Crippen LogP contribution < -0.4 is 0 Å². The molecule has 4 fully saturated rings. The Bertz CT molecular complexity index is 228. The fourth-order valence-electron chi connectivity index (χ4n) is 4.65. The fraction of sp³-hybridized carbons (Fsp3) is 1.00. The Morgan fingerprint density at radius 1 is 0.941 bits per heavy atom. The van der Waals surface area contributed by atoms with Crippen molar-refractivity contribution in [3.05, 3.63) is 0 Å². The molecule has 1 saturated heterocycles. The summed E-state index contributed by atoms with van der Waals surface area (Å²) in [6, 6.07) is 0.863. The van der Waals surface area contributed by atoms with E-state index in [-0.39, 0.29) is 0 Å². The Balaban J connectivity index is 0.000000329. The molecule has 1 nitrogen and oxygen atoms in total. The van der Waals surface area contributed by atoms with Crippen LogP contribution >= 0.6 is 0 Å². The van der Waals surface area contributed by atoms with Crippen LogP contribution in [0.2, 0.25) is 0 Å². The normalized spacial score (nSPS) is 44.8. The number of piperidine rings is 1. The number of fused-ring (bicyclic) bond motifs is 2. The maximum absolute atomic E-state index is 2.60. The molecule has 100 valence electrons. The van der Waals surface area contributed by atoms with E-state index in [9.17, 15) is 0 Å². The average molecular weight is 237 g/mol. The van der Waals surface area contributed by atoms with Gasteiger partial charge in [0.25, 0.3) is 0 Å². The number of hydrogen-bond acceptors (Lipinski definition) is 1. The molecular weight excluding hydrogens is 206 g/mol. The summed E-state index contributed by atoms with van der Waals surface area (Å²) in [5.74, 6) is 4.36. The minimum Gasteiger partial charge on any atom is -0.303 e. The lowest BCUT2D eigenvalue weighted by molar-refractivity contribution is -0.0592. The second-order valence-corrected chi connectivity index (χ2v) is 6.63. The summed E-state index contributed by atoms with van der Waals surface area (Å²) < 4.78 is 0. The summed E-state index contributed by atoms with van der Waals surface area (Å²) >= 11 is 0. The molecule has 3 saturated carbocycles. The third kappa shape index (κ3) is 2.54. The molecule has 0 spiro atoms. The Kier molecular flexibility index (Phi) is 4.52. The zero-order valence-electron chi connectivity index (χ0n) is 12.3. The van der Waals surface area contributed by atoms with Crippen LogP contribution in [0.5, 0.6) is 0 Å². The predicted octanol–water partition coefficient (Wildman–Crippen LogP) is 4.18. The third-order valence-corrected chi connectivity index (χ3v) is 5.53. The van der Waals surface area contributed by atoms with E-state index in [0.29, 0.717) is 0 Å². The van der Waals surface area contributed by atoms with Gasteiger partial charge in [-0.3, -0.25) is 0 Å². The van der Waals surface area contributed by atoms with E-state index in [4.69, 9.17) is 0 Å². The molecule has 1 heteroatoms. The third-order valence-electron chi connectivity index (χ3n) is 5.53. The van der Waals surface area contributed by atoms with Crippen molar-refractivity contribution in [1.29, 1.82) is 0 Å². The van der Waals surface area contributed by atoms with Gasteiger partial charge in [0.1, 0.15) is 0 Å². The zero-order valence-corrected chi connectivity index (χ0v) is 12.3. The monoisotopic (exact) mass is 237 g/mol. The average Bonchev–Trinajstić information content (AvgIpc) is 2.36. The Hall–Kier alpha value is -0.0400. The molecule has 3 unspecified atom stereocenters. The Morgan fingerprint density at radius 2 is 1.47 bits per heavy atom. The van der Waals surface area contributed by atoms with Gasteiger partial charge in [0, 0.05) is 6.04 Å². The van der Waals surface area contributed by atoms with Gasteiger partial charge in [-0.1, -0.05) is 20.3 Å². The maximum Gasteiger partial charge on any atom is 0.00975 e. The van der Waals surface area contributed by atoms with Gasteiger partial charge in [0.2, 0.25) is 0 Å². The lowest BCUT2D eigenvalue weighted by atomic mass is 9.55. The standard InChI is InChI=1S/C13H23N.C3H8/c1-9-13-11-5-3-10(4-6-11)12(13)7-8-14(9)2;1-3-2/h9-13H,3-8H2,1-2H3;3H2,1-2H3. The van der Waals surface area contributed by atoms with Gasteiger partial charge >= 0.3 is 0 Å². The molecule has 2 bridgehead atoms. The van der Waals surface area contributed by atoms with Crippen molar-refractivity contribution >= 4 is 0 Å². The van der Waals surface area contributed by atoms with Gasteiger partial charge in [0.15, 0.2) is 0 Å². The summed E-state index contributed by atoms with van der Waals surface area (Å²) in [7, 11) is 2.32. The van der Waals surface area contributed by atoms with E-state index in [0.717, 1.165) is 29.7 Å². The van der Waals surface area contributed by atoms with E-state index in [1.54, 1.807) is 25.7 Å². The van der Waals surface area contributed by atoms with E-state index in [2.05, 4.69) is 32.7 Å². The smallest absolute Gasteiger partial charge is 0.00975 e. The molecule has 3 atom stereocenters. The van der Waals surface area contributed by atoms with Crippen molar-refractivity contribution in [2.75, 3.05) is 13.6 Å². The first-order chi connectivity index (χ1) is 8.19. The van der Waals surface area contributed by atoms with Gasteiger partial charge in [-0.2, -0.15) is 0 Å². The maximum atomic E-state index is 2.60. The number of likely N-dealkylation sites (tertiary alicyclic amines) is 1. The van der Waals surface area contributed by atoms with Crippen molar-refractivity contribution in [2.24, 2.45) is 23.7 Å². The quantitative estimate of drug-likeness (QED) is 0.611. The molecule has 0 amide bonds. The van der Waals surface area contributed by atoms with E-state index in [1.807, 2.05) is 0 Å². The molecule has 1 aliphatic heterocycles. The topological polar surface area (TPSA) is 3.24 Å². The molecule has 3 aliphatic carbocycles. The minimum absolute atomic E-state index is 0.863. The first-order valence-corrected chi connectivity index (χ1v) is 7.89. The highest BCUT2D eigenvalue weighted by Gasteiger charge is 2.48. The lowest BCUT2D eigenvalue weighted by Crippen LogP contribution is -2.54. The summed E-state index contributed by atoms with van der Waals surface area (Å²) in [4.78, 5) is 2.60. The summed E-state index contributed by atoms with van der Waals surface area (Å²) in [5.41, 5.74) is 0. The molecule has 0 aromatic heterocycles. The second kappa shape index (κ2) is 5.73. The van der Waals surface area contributed by atoms with Gasteiger partial charge in [-0.05, 0) is 76.3 Å². The highest BCUT2D eigenvalue weighted by atomic mass is 15.1. The molecule has 4 aliphatic rings. The first-order valence-electron chi connectivity index (χ1n) is 7.89. The molecule has 0 aromatic carbocycles. The van der Waals surface area contributed by atoms with Crippen LogP contribution in [0.1, 0.15) is 59.3 Å². The SMILES string of the molecule is CC1C2C3CCC(CC3)C2CCN1C.CCC. The van der Waals surface area contributed by atoms with Crippen LogP contribution in [-0.4, -0.2) is 24.5 Å². The molecule has 0 N–H and O–H groups in total. The summed E-state index contributed by atoms with van der Waals surface area (Å²) in [6.45, 7) is 8.07. The van der Waals surface area contributed by atoms with Crippen LogP contribution in [0, 0.1) is 23.7 Å². The highest BCUT2D eigenvalue weighted by molar-refractivity contribution is 4.99. The van der Waals surface area contributed by atoms with Gasteiger partial charge in [-0.25, -0.2) is 0 Å². The zero-order chi connectivity index (χ0) is 12.4. The Morgan fingerprint density at radius 3 is 2.06 bits per heavy atom. The number of rotatable bonds is 0. The fourth-order valence-corrected chi connectivity index (χ4v) is 4.65. The van der Waals surface area contributed by atoms with E-state index < -0.39 is 0 Å². The highest BCUT2D eigenvalue weighted by Crippen LogP contribution is 2.53. The summed E-state index contributed by atoms with van der Waals surface area (Å²) in [6.07, 6.45) is 8.95. The molecule has 17 heavy (non-hydrogen) atoms. The van der Waals surface area contributed by atoms with Crippen molar-refractivity contribution in [3.63, 3.8) is 0 Å². The van der Waals surface area contributed by atoms with E-state index >= 15 is 0 Å². The van der Waals surface area contributed by atoms with Crippen LogP contribution in [0.4, 0.5) is 0 Å². The number of nitrogens with zero attached hydrogens (tertiary/aromatic N) is 1. The lowest BCUT2D eigenvalue weighted by Gasteiger charge is -2.56. The van der Waals surface area contributed by atoms with Crippen LogP contribution in [-0.2, 0) is 0 Å². The van der Waals surface area contributed by atoms with Gasteiger partial charge in [0.05, 0.1) is 0 Å². The Labute approximate surface area is 108 Å². The van der Waals surface area contributed by atoms with Gasteiger partial charge in [-0.15, -0.1) is 0 Å². The van der Waals surface area contributed by atoms with E-state index in [1.165, 1.54) is 19.4 Å². The first kappa shape index (κ1) is 13.4. The van der Waals surface area contributed by atoms with Crippen molar-refractivity contribution in [1.82, 2.24) is 4.90 Å². The predicted molar refractivity (Wildman–Crippen MR) is 75.1 cm³/mol. The van der Waals surface area contributed by atoms with Crippen molar-refractivity contribution < 1.29 is 0 Å². The minimum atomic E-state index is 0.863. The summed E-state index contributed by atoms with van der Waals surface area (Å²) in [5, 5.41) is 0. The van der Waals surface area contributed by atoms with Crippen molar-refractivity contribution in [3.8, 4) is 0 Å². The number of hydrogen-bond donors (Lipinski definition) is 0. The molecular formula is C16H31N. The molecule has 0 radical (unpaired) electrons. The molecule has 1 heterocycles. The largest absolute Gasteiger partial charge is 0.303 e. The second-order valence-electron chi connectivity index (χ2n) is 6.63.